The van der Waals surface area contributed by atoms with Gasteiger partial charge >= 0.3 is 12.0 Å². The Balaban J connectivity index is 3.92. The van der Waals surface area contributed by atoms with Crippen molar-refractivity contribution >= 4 is 17.9 Å². The smallest absolute Gasteiger partial charge is 0.315 e. The average molecular weight is 273 g/mol. The van der Waals surface area contributed by atoms with E-state index in [-0.39, 0.29) is 31.3 Å². The van der Waals surface area contributed by atoms with Gasteiger partial charge in [0.2, 0.25) is 5.91 Å². The van der Waals surface area contributed by atoms with Crippen LogP contribution >= 0.6 is 0 Å². The summed E-state index contributed by atoms with van der Waals surface area (Å²) in [5.41, 5.74) is 0. The lowest BCUT2D eigenvalue weighted by atomic mass is 10.0. The fraction of sp³-hybridized carbons (Fsp3) is 0.750. The van der Waals surface area contributed by atoms with Gasteiger partial charge in [-0.25, -0.2) is 4.79 Å². The number of carbonyl (C=O) groups is 3. The molecule has 0 aromatic heterocycles. The lowest BCUT2D eigenvalue weighted by molar-refractivity contribution is -0.138. The monoisotopic (exact) mass is 273 g/mol. The van der Waals surface area contributed by atoms with Crippen molar-refractivity contribution in [1.82, 2.24) is 15.5 Å². The van der Waals surface area contributed by atoms with Crippen LogP contribution in [0, 0.1) is 5.92 Å². The molecule has 3 N–H and O–H groups in total. The van der Waals surface area contributed by atoms with E-state index in [4.69, 9.17) is 5.11 Å². The van der Waals surface area contributed by atoms with Gasteiger partial charge in [-0.3, -0.25) is 9.59 Å². The Morgan fingerprint density at radius 1 is 1.21 bits per heavy atom. The molecule has 0 spiro atoms. The maximum Gasteiger partial charge on any atom is 0.315 e. The van der Waals surface area contributed by atoms with E-state index in [0.717, 1.165) is 0 Å². The minimum Gasteiger partial charge on any atom is -0.481 e. The number of rotatable bonds is 8. The lowest BCUT2D eigenvalue weighted by Crippen LogP contribution is -2.43. The summed E-state index contributed by atoms with van der Waals surface area (Å²) < 4.78 is 0. The highest BCUT2D eigenvalue weighted by Gasteiger charge is 2.13. The molecule has 0 radical (unpaired) electrons. The normalized spacial score (nSPS) is 11.5. The fourth-order valence-electron chi connectivity index (χ4n) is 1.37. The number of likely N-dealkylation sites (N-methyl/N-ethyl adjacent to an activating group) is 1. The maximum absolute atomic E-state index is 11.4. The number of urea groups is 1. The number of hydrogen-bond acceptors (Lipinski definition) is 3. The highest BCUT2D eigenvalue weighted by Crippen LogP contribution is 2.06. The average Bonchev–Trinajstić information content (AvgIpc) is 2.39. The Morgan fingerprint density at radius 3 is 2.32 bits per heavy atom. The highest BCUT2D eigenvalue weighted by molar-refractivity contribution is 5.83. The summed E-state index contributed by atoms with van der Waals surface area (Å²) in [6.07, 6.45) is 0.693. The van der Waals surface area contributed by atoms with Crippen molar-refractivity contribution in [3.8, 4) is 0 Å². The molecule has 0 rings (SSSR count). The zero-order valence-corrected chi connectivity index (χ0v) is 11.7. The van der Waals surface area contributed by atoms with Crippen molar-refractivity contribution in [2.24, 2.45) is 5.92 Å². The summed E-state index contributed by atoms with van der Waals surface area (Å²) in [6, 6.07) is -0.457. The van der Waals surface area contributed by atoms with Gasteiger partial charge in [-0.15, -0.1) is 0 Å². The first kappa shape index (κ1) is 17.2. The third-order valence-corrected chi connectivity index (χ3v) is 2.89. The van der Waals surface area contributed by atoms with Gasteiger partial charge in [-0.05, 0) is 12.8 Å². The molecule has 0 bridgehead atoms. The van der Waals surface area contributed by atoms with Crippen LogP contribution in [0.15, 0.2) is 0 Å². The highest BCUT2D eigenvalue weighted by atomic mass is 16.4. The molecule has 0 aliphatic heterocycles. The molecule has 7 heteroatoms. The first-order valence-electron chi connectivity index (χ1n) is 6.38. The second-order valence-electron chi connectivity index (χ2n) is 4.34. The number of carboxylic acid groups (broad SMARTS) is 1. The number of hydrogen-bond donors (Lipinski definition) is 3. The second-order valence-corrected chi connectivity index (χ2v) is 4.34. The van der Waals surface area contributed by atoms with Gasteiger partial charge in [0.25, 0.3) is 0 Å². The molecule has 0 aromatic carbocycles. The Kier molecular flexibility index (Phi) is 8.32. The number of nitrogens with one attached hydrogen (secondary N) is 2. The van der Waals surface area contributed by atoms with Gasteiger partial charge in [0.1, 0.15) is 0 Å². The van der Waals surface area contributed by atoms with Gasteiger partial charge in [-0.2, -0.15) is 0 Å². The van der Waals surface area contributed by atoms with Crippen LogP contribution < -0.4 is 10.6 Å². The first-order chi connectivity index (χ1) is 8.90. The molecular weight excluding hydrogens is 250 g/mol. The number of carbonyl (C=O) groups excluding carboxylic acids is 2. The van der Waals surface area contributed by atoms with E-state index in [1.165, 1.54) is 4.90 Å². The van der Waals surface area contributed by atoms with Crippen molar-refractivity contribution in [3.63, 3.8) is 0 Å². The van der Waals surface area contributed by atoms with Crippen molar-refractivity contribution in [2.75, 3.05) is 26.7 Å². The van der Waals surface area contributed by atoms with Crippen LogP contribution in [0.5, 0.6) is 0 Å². The van der Waals surface area contributed by atoms with Crippen molar-refractivity contribution in [2.45, 2.75) is 26.7 Å². The van der Waals surface area contributed by atoms with Crippen LogP contribution in [0.2, 0.25) is 0 Å². The largest absolute Gasteiger partial charge is 0.481 e. The summed E-state index contributed by atoms with van der Waals surface area (Å²) in [5, 5.41) is 13.7. The molecule has 7 nitrogen and oxygen atoms in total. The molecule has 1 atom stereocenters. The molecule has 19 heavy (non-hydrogen) atoms. The molecule has 0 heterocycles. The van der Waals surface area contributed by atoms with E-state index in [2.05, 4.69) is 10.6 Å². The number of carboxylic acids is 1. The maximum atomic E-state index is 11.4. The van der Waals surface area contributed by atoms with Crippen LogP contribution in [0.4, 0.5) is 4.79 Å². The van der Waals surface area contributed by atoms with Gasteiger partial charge in [0.15, 0.2) is 0 Å². The minimum absolute atomic E-state index is 0.0221. The van der Waals surface area contributed by atoms with E-state index < -0.39 is 12.0 Å². The molecule has 1 unspecified atom stereocenters. The van der Waals surface area contributed by atoms with Crippen LogP contribution in [0.1, 0.15) is 26.7 Å². The predicted octanol–water partition coefficient (Wildman–Crippen LogP) is 0.265. The number of aliphatic carboxylic acids is 1. The van der Waals surface area contributed by atoms with Crippen LogP contribution in [0.3, 0.4) is 0 Å². The molecule has 0 saturated carbocycles. The van der Waals surface area contributed by atoms with E-state index >= 15 is 0 Å². The van der Waals surface area contributed by atoms with E-state index in [0.29, 0.717) is 13.0 Å². The van der Waals surface area contributed by atoms with Gasteiger partial charge < -0.3 is 20.6 Å². The lowest BCUT2D eigenvalue weighted by Gasteiger charge is -2.16. The van der Waals surface area contributed by atoms with E-state index in [1.54, 1.807) is 7.05 Å². The Bertz CT molecular complexity index is 320. The summed E-state index contributed by atoms with van der Waals surface area (Å²) in [7, 11) is 1.65. The zero-order valence-electron chi connectivity index (χ0n) is 11.7. The third kappa shape index (κ3) is 8.01. The Hall–Kier alpha value is -1.79. The van der Waals surface area contributed by atoms with Crippen molar-refractivity contribution in [3.05, 3.63) is 0 Å². The standard InChI is InChI=1S/C12H23N3O4/c1-4-9(6-11(17)18)7-13-12(19)14-8-10(16)15(3)5-2/h9H,4-8H2,1-3H3,(H,17,18)(H2,13,14,19). The molecule has 110 valence electrons. The van der Waals surface area contributed by atoms with Gasteiger partial charge in [0, 0.05) is 26.6 Å². The van der Waals surface area contributed by atoms with Gasteiger partial charge in [0.05, 0.1) is 6.54 Å². The number of nitrogens with zero attached hydrogens (tertiary/aromatic N) is 1. The van der Waals surface area contributed by atoms with Gasteiger partial charge in [-0.1, -0.05) is 13.3 Å². The summed E-state index contributed by atoms with van der Waals surface area (Å²) in [4.78, 5) is 34.9. The molecule has 3 amide bonds. The molecule has 0 fully saturated rings. The number of amides is 3. The van der Waals surface area contributed by atoms with Crippen LogP contribution in [-0.2, 0) is 9.59 Å². The van der Waals surface area contributed by atoms with Crippen LogP contribution in [0.25, 0.3) is 0 Å². The van der Waals surface area contributed by atoms with Crippen molar-refractivity contribution in [1.29, 1.82) is 0 Å². The van der Waals surface area contributed by atoms with Crippen LogP contribution in [-0.4, -0.2) is 54.6 Å². The molecule has 0 aliphatic rings. The molecule has 0 aliphatic carbocycles. The molecule has 0 saturated heterocycles. The minimum atomic E-state index is -0.881. The molecule has 0 aromatic rings. The Morgan fingerprint density at radius 2 is 1.84 bits per heavy atom. The SMILES string of the molecule is CCC(CNC(=O)NCC(=O)N(C)CC)CC(=O)O. The fourth-order valence-corrected chi connectivity index (χ4v) is 1.37. The second kappa shape index (κ2) is 9.18. The third-order valence-electron chi connectivity index (χ3n) is 2.89. The van der Waals surface area contributed by atoms with E-state index in [1.807, 2.05) is 13.8 Å². The summed E-state index contributed by atoms with van der Waals surface area (Å²) in [6.45, 7) is 4.51. The Labute approximate surface area is 113 Å². The summed E-state index contributed by atoms with van der Waals surface area (Å²) in [5.74, 6) is -1.15. The molecular formula is C12H23N3O4. The van der Waals surface area contributed by atoms with Crippen molar-refractivity contribution < 1.29 is 19.5 Å². The first-order valence-corrected chi connectivity index (χ1v) is 6.38. The van der Waals surface area contributed by atoms with E-state index in [9.17, 15) is 14.4 Å². The topological polar surface area (TPSA) is 98.7 Å². The quantitative estimate of drug-likeness (QED) is 0.591. The zero-order chi connectivity index (χ0) is 14.8. The predicted molar refractivity (Wildman–Crippen MR) is 70.7 cm³/mol. The summed E-state index contributed by atoms with van der Waals surface area (Å²) >= 11 is 0.